The van der Waals surface area contributed by atoms with Crippen LogP contribution in [-0.2, 0) is 28.6 Å². The van der Waals surface area contributed by atoms with E-state index < -0.39 is 24.2 Å². The van der Waals surface area contributed by atoms with Crippen molar-refractivity contribution in [2.75, 3.05) is 6.61 Å². The van der Waals surface area contributed by atoms with Crippen molar-refractivity contribution in [3.63, 3.8) is 0 Å². The Bertz CT molecular complexity index is 333. The van der Waals surface area contributed by atoms with Crippen molar-refractivity contribution in [3.05, 3.63) is 25.3 Å². The maximum Gasteiger partial charge on any atom is 0.333 e. The molecule has 0 fully saturated rings. The van der Waals surface area contributed by atoms with Crippen molar-refractivity contribution in [2.45, 2.75) is 26.1 Å². The van der Waals surface area contributed by atoms with Gasteiger partial charge in [-0.25, -0.2) is 9.59 Å². The predicted molar refractivity (Wildman–Crippen MR) is 62.2 cm³/mol. The van der Waals surface area contributed by atoms with Gasteiger partial charge in [-0.15, -0.1) is 0 Å². The molecule has 0 radical (unpaired) electrons. The number of carbonyl (C=O) groups excluding carboxylic acids is 3. The molecule has 0 aliphatic carbocycles. The van der Waals surface area contributed by atoms with Crippen LogP contribution in [0.5, 0.6) is 0 Å². The number of esters is 3. The highest BCUT2D eigenvalue weighted by Crippen LogP contribution is 2.03. The maximum atomic E-state index is 11.3. The third-order valence-electron chi connectivity index (χ3n) is 1.73. The second kappa shape index (κ2) is 8.98. The SMILES string of the molecule is C=CC(=O)OCCC(=O)OC(CC)OC(=O)C=C. The molecule has 0 aromatic heterocycles. The molecule has 0 rings (SSSR count). The van der Waals surface area contributed by atoms with E-state index in [2.05, 4.69) is 17.9 Å². The summed E-state index contributed by atoms with van der Waals surface area (Å²) < 4.78 is 14.2. The zero-order chi connectivity index (χ0) is 14.0. The van der Waals surface area contributed by atoms with E-state index in [4.69, 9.17) is 9.47 Å². The van der Waals surface area contributed by atoms with Gasteiger partial charge in [0.25, 0.3) is 0 Å². The average Bonchev–Trinajstić information content (AvgIpc) is 2.37. The number of carbonyl (C=O) groups is 3. The Kier molecular flexibility index (Phi) is 7.92. The second-order valence-electron chi connectivity index (χ2n) is 3.09. The monoisotopic (exact) mass is 256 g/mol. The molecule has 0 amide bonds. The van der Waals surface area contributed by atoms with E-state index in [9.17, 15) is 14.4 Å². The minimum absolute atomic E-state index is 0.116. The fraction of sp³-hybridized carbons (Fsp3) is 0.417. The Hall–Kier alpha value is -2.11. The molecular weight excluding hydrogens is 240 g/mol. The number of hydrogen-bond acceptors (Lipinski definition) is 6. The first kappa shape index (κ1) is 15.9. The van der Waals surface area contributed by atoms with E-state index in [-0.39, 0.29) is 13.0 Å². The van der Waals surface area contributed by atoms with Crippen LogP contribution in [0, 0.1) is 0 Å². The third-order valence-corrected chi connectivity index (χ3v) is 1.73. The molecule has 100 valence electrons. The molecule has 0 aliphatic rings. The van der Waals surface area contributed by atoms with Gasteiger partial charge >= 0.3 is 17.9 Å². The molecule has 0 saturated heterocycles. The van der Waals surface area contributed by atoms with Gasteiger partial charge in [-0.1, -0.05) is 20.1 Å². The lowest BCUT2D eigenvalue weighted by atomic mass is 10.4. The van der Waals surface area contributed by atoms with Crippen LogP contribution < -0.4 is 0 Å². The van der Waals surface area contributed by atoms with Gasteiger partial charge < -0.3 is 14.2 Å². The van der Waals surface area contributed by atoms with Crippen LogP contribution in [0.1, 0.15) is 19.8 Å². The normalized spacial score (nSPS) is 10.9. The smallest absolute Gasteiger partial charge is 0.333 e. The van der Waals surface area contributed by atoms with E-state index in [1.54, 1.807) is 6.92 Å². The minimum Gasteiger partial charge on any atom is -0.462 e. The highest BCUT2D eigenvalue weighted by molar-refractivity contribution is 5.82. The molecule has 1 atom stereocenters. The minimum atomic E-state index is -0.960. The lowest BCUT2D eigenvalue weighted by Crippen LogP contribution is -2.24. The average molecular weight is 256 g/mol. The summed E-state index contributed by atoms with van der Waals surface area (Å²) in [7, 11) is 0. The van der Waals surface area contributed by atoms with Crippen molar-refractivity contribution in [1.29, 1.82) is 0 Å². The van der Waals surface area contributed by atoms with Crippen LogP contribution in [0.2, 0.25) is 0 Å². The molecule has 0 heterocycles. The summed E-state index contributed by atoms with van der Waals surface area (Å²) in [6, 6.07) is 0. The molecule has 0 N–H and O–H groups in total. The first-order chi connectivity index (χ1) is 8.53. The molecule has 18 heavy (non-hydrogen) atoms. The number of rotatable bonds is 8. The quantitative estimate of drug-likeness (QED) is 0.368. The summed E-state index contributed by atoms with van der Waals surface area (Å²) in [5, 5.41) is 0. The topological polar surface area (TPSA) is 78.9 Å². The van der Waals surface area contributed by atoms with E-state index in [0.717, 1.165) is 12.2 Å². The van der Waals surface area contributed by atoms with Crippen LogP contribution in [0.4, 0.5) is 0 Å². The zero-order valence-electron chi connectivity index (χ0n) is 10.2. The molecule has 0 spiro atoms. The molecule has 6 heteroatoms. The number of ether oxygens (including phenoxy) is 3. The Balaban J connectivity index is 3.96. The molecule has 0 aliphatic heterocycles. The van der Waals surface area contributed by atoms with Gasteiger partial charge in [-0.05, 0) is 0 Å². The molecule has 0 bridgehead atoms. The summed E-state index contributed by atoms with van der Waals surface area (Å²) in [5.74, 6) is -1.92. The number of hydrogen-bond donors (Lipinski definition) is 0. The van der Waals surface area contributed by atoms with Crippen molar-refractivity contribution in [3.8, 4) is 0 Å². The summed E-state index contributed by atoms with van der Waals surface area (Å²) in [4.78, 5) is 32.9. The molecule has 0 saturated carbocycles. The molecule has 6 nitrogen and oxygen atoms in total. The van der Waals surface area contributed by atoms with Crippen molar-refractivity contribution in [1.82, 2.24) is 0 Å². The Morgan fingerprint density at radius 1 is 1.11 bits per heavy atom. The first-order valence-corrected chi connectivity index (χ1v) is 5.35. The van der Waals surface area contributed by atoms with Gasteiger partial charge in [-0.2, -0.15) is 0 Å². The van der Waals surface area contributed by atoms with Gasteiger partial charge in [0.15, 0.2) is 0 Å². The van der Waals surface area contributed by atoms with Crippen LogP contribution >= 0.6 is 0 Å². The van der Waals surface area contributed by atoms with Crippen LogP contribution in [-0.4, -0.2) is 30.8 Å². The molecule has 0 aromatic carbocycles. The fourth-order valence-corrected chi connectivity index (χ4v) is 0.868. The van der Waals surface area contributed by atoms with Gasteiger partial charge in [0.1, 0.15) is 6.61 Å². The summed E-state index contributed by atoms with van der Waals surface area (Å²) >= 11 is 0. The van der Waals surface area contributed by atoms with E-state index in [1.165, 1.54) is 0 Å². The lowest BCUT2D eigenvalue weighted by Gasteiger charge is -2.15. The lowest BCUT2D eigenvalue weighted by molar-refractivity contribution is -0.185. The Morgan fingerprint density at radius 3 is 2.22 bits per heavy atom. The van der Waals surface area contributed by atoms with Crippen molar-refractivity contribution < 1.29 is 28.6 Å². The summed E-state index contributed by atoms with van der Waals surface area (Å²) in [6.07, 6.45) is 1.20. The highest BCUT2D eigenvalue weighted by atomic mass is 16.7. The predicted octanol–water partition coefficient (Wildman–Crippen LogP) is 1.11. The largest absolute Gasteiger partial charge is 0.462 e. The zero-order valence-corrected chi connectivity index (χ0v) is 10.2. The summed E-state index contributed by atoms with van der Waals surface area (Å²) in [5.41, 5.74) is 0. The van der Waals surface area contributed by atoms with Crippen molar-refractivity contribution >= 4 is 17.9 Å². The fourth-order valence-electron chi connectivity index (χ4n) is 0.868. The molecule has 1 unspecified atom stereocenters. The van der Waals surface area contributed by atoms with Crippen molar-refractivity contribution in [2.24, 2.45) is 0 Å². The highest BCUT2D eigenvalue weighted by Gasteiger charge is 2.15. The Labute approximate surface area is 105 Å². The standard InChI is InChI=1S/C12H16O6/c1-4-9(13)16-8-7-11(15)18-12(6-3)17-10(14)5-2/h4-5,12H,1-2,6-8H2,3H3. The van der Waals surface area contributed by atoms with E-state index in [1.807, 2.05) is 0 Å². The molecule has 0 aromatic rings. The van der Waals surface area contributed by atoms with Gasteiger partial charge in [0.2, 0.25) is 6.29 Å². The Morgan fingerprint density at radius 2 is 1.72 bits per heavy atom. The van der Waals surface area contributed by atoms with Gasteiger partial charge in [0, 0.05) is 18.6 Å². The second-order valence-corrected chi connectivity index (χ2v) is 3.09. The first-order valence-electron chi connectivity index (χ1n) is 5.35. The maximum absolute atomic E-state index is 11.3. The molecular formula is C12H16O6. The third kappa shape index (κ3) is 7.21. The van der Waals surface area contributed by atoms with Crippen LogP contribution in [0.3, 0.4) is 0 Å². The van der Waals surface area contributed by atoms with Crippen LogP contribution in [0.25, 0.3) is 0 Å². The summed E-state index contributed by atoms with van der Waals surface area (Å²) in [6.45, 7) is 8.00. The van der Waals surface area contributed by atoms with Gasteiger partial charge in [0.05, 0.1) is 6.42 Å². The van der Waals surface area contributed by atoms with E-state index in [0.29, 0.717) is 6.42 Å². The van der Waals surface area contributed by atoms with Crippen LogP contribution in [0.15, 0.2) is 25.3 Å². The van der Waals surface area contributed by atoms with Gasteiger partial charge in [-0.3, -0.25) is 4.79 Å². The van der Waals surface area contributed by atoms with E-state index >= 15 is 0 Å².